The standard InChI is InChI=1S/C6H12O4/c7-1-5-3-10-6(2-8)4-9-5/h5-8H,1-4H2. The Morgan fingerprint density at radius 2 is 1.40 bits per heavy atom. The molecule has 1 rings (SSSR count). The Balaban J connectivity index is 2.17. The zero-order valence-electron chi connectivity index (χ0n) is 5.69. The molecule has 0 aromatic carbocycles. The fourth-order valence-electron chi connectivity index (χ4n) is 0.794. The van der Waals surface area contributed by atoms with Crippen molar-refractivity contribution >= 4 is 0 Å². The van der Waals surface area contributed by atoms with Crippen LogP contribution in [0, 0.1) is 0 Å². The lowest BCUT2D eigenvalue weighted by Gasteiger charge is -2.26. The smallest absolute Gasteiger partial charge is 0.104 e. The van der Waals surface area contributed by atoms with Gasteiger partial charge in [-0.05, 0) is 0 Å². The van der Waals surface area contributed by atoms with Gasteiger partial charge in [-0.15, -0.1) is 0 Å². The highest BCUT2D eigenvalue weighted by atomic mass is 16.6. The maximum absolute atomic E-state index is 8.58. The van der Waals surface area contributed by atoms with Crippen LogP contribution in [0.15, 0.2) is 0 Å². The fraction of sp³-hybridized carbons (Fsp3) is 1.00. The van der Waals surface area contributed by atoms with Gasteiger partial charge < -0.3 is 19.7 Å². The molecule has 60 valence electrons. The van der Waals surface area contributed by atoms with E-state index in [-0.39, 0.29) is 25.4 Å². The van der Waals surface area contributed by atoms with Gasteiger partial charge in [0.2, 0.25) is 0 Å². The van der Waals surface area contributed by atoms with Gasteiger partial charge in [-0.3, -0.25) is 0 Å². The van der Waals surface area contributed by atoms with Crippen molar-refractivity contribution in [2.75, 3.05) is 26.4 Å². The summed E-state index contributed by atoms with van der Waals surface area (Å²) in [6.45, 7) is 0.722. The maximum atomic E-state index is 8.58. The highest BCUT2D eigenvalue weighted by Gasteiger charge is 2.20. The molecule has 0 radical (unpaired) electrons. The van der Waals surface area contributed by atoms with Gasteiger partial charge in [-0.2, -0.15) is 0 Å². The van der Waals surface area contributed by atoms with E-state index in [0.29, 0.717) is 13.2 Å². The summed E-state index contributed by atoms with van der Waals surface area (Å²) >= 11 is 0. The van der Waals surface area contributed by atoms with Crippen molar-refractivity contribution in [1.29, 1.82) is 0 Å². The average Bonchev–Trinajstić information content (AvgIpc) is 2.05. The van der Waals surface area contributed by atoms with E-state index in [1.54, 1.807) is 0 Å². The molecule has 1 fully saturated rings. The molecule has 0 saturated carbocycles. The Hall–Kier alpha value is -0.160. The molecular weight excluding hydrogens is 136 g/mol. The third-order valence-corrected chi connectivity index (χ3v) is 1.44. The third-order valence-electron chi connectivity index (χ3n) is 1.44. The molecule has 0 amide bonds. The number of ether oxygens (including phenoxy) is 2. The molecule has 1 aliphatic heterocycles. The second-order valence-corrected chi connectivity index (χ2v) is 2.28. The van der Waals surface area contributed by atoms with Crippen LogP contribution in [0.4, 0.5) is 0 Å². The molecule has 0 aliphatic carbocycles. The molecule has 2 unspecified atom stereocenters. The van der Waals surface area contributed by atoms with Crippen LogP contribution in [0.2, 0.25) is 0 Å². The van der Waals surface area contributed by atoms with Crippen LogP contribution in [-0.2, 0) is 9.47 Å². The first-order chi connectivity index (χ1) is 4.86. The molecular formula is C6H12O4. The Morgan fingerprint density at radius 1 is 1.00 bits per heavy atom. The molecule has 4 nitrogen and oxygen atoms in total. The fourth-order valence-corrected chi connectivity index (χ4v) is 0.794. The van der Waals surface area contributed by atoms with E-state index in [9.17, 15) is 0 Å². The third kappa shape index (κ3) is 1.91. The van der Waals surface area contributed by atoms with Crippen molar-refractivity contribution in [2.24, 2.45) is 0 Å². The van der Waals surface area contributed by atoms with E-state index in [0.717, 1.165) is 0 Å². The van der Waals surface area contributed by atoms with Crippen LogP contribution < -0.4 is 0 Å². The summed E-state index contributed by atoms with van der Waals surface area (Å²) in [5, 5.41) is 17.2. The van der Waals surface area contributed by atoms with Gasteiger partial charge in [0.15, 0.2) is 0 Å². The first-order valence-electron chi connectivity index (χ1n) is 3.31. The molecule has 1 heterocycles. The van der Waals surface area contributed by atoms with Crippen molar-refractivity contribution in [1.82, 2.24) is 0 Å². The summed E-state index contributed by atoms with van der Waals surface area (Å²) in [4.78, 5) is 0. The molecule has 1 aliphatic rings. The molecule has 0 spiro atoms. The number of hydrogen-bond donors (Lipinski definition) is 2. The second-order valence-electron chi connectivity index (χ2n) is 2.28. The average molecular weight is 148 g/mol. The van der Waals surface area contributed by atoms with Crippen LogP contribution in [-0.4, -0.2) is 48.8 Å². The van der Waals surface area contributed by atoms with Crippen molar-refractivity contribution < 1.29 is 19.7 Å². The first-order valence-corrected chi connectivity index (χ1v) is 3.31. The molecule has 0 aromatic heterocycles. The lowest BCUT2D eigenvalue weighted by Crippen LogP contribution is -2.39. The van der Waals surface area contributed by atoms with Gasteiger partial charge in [-0.25, -0.2) is 0 Å². The predicted octanol–water partition coefficient (Wildman–Crippen LogP) is -1.24. The minimum absolute atomic E-state index is 0.0157. The molecule has 10 heavy (non-hydrogen) atoms. The monoisotopic (exact) mass is 148 g/mol. The van der Waals surface area contributed by atoms with Crippen LogP contribution in [0.5, 0.6) is 0 Å². The minimum Gasteiger partial charge on any atom is -0.394 e. The van der Waals surface area contributed by atoms with E-state index in [1.165, 1.54) is 0 Å². The second kappa shape index (κ2) is 3.88. The Bertz CT molecular complexity index is 75.7. The van der Waals surface area contributed by atoms with Gasteiger partial charge in [0, 0.05) is 0 Å². The highest BCUT2D eigenvalue weighted by molar-refractivity contribution is 4.65. The van der Waals surface area contributed by atoms with Crippen LogP contribution >= 0.6 is 0 Å². The summed E-state index contributed by atoms with van der Waals surface area (Å²) in [5.41, 5.74) is 0. The number of rotatable bonds is 2. The van der Waals surface area contributed by atoms with Gasteiger partial charge in [0.05, 0.1) is 26.4 Å². The SMILES string of the molecule is OCC1COC(CO)CO1. The normalized spacial score (nSPS) is 34.2. The number of aliphatic hydroxyl groups excluding tert-OH is 2. The number of aliphatic hydroxyl groups is 2. The minimum atomic E-state index is -0.206. The molecule has 0 aromatic rings. The number of hydrogen-bond acceptors (Lipinski definition) is 4. The quantitative estimate of drug-likeness (QED) is 0.514. The predicted molar refractivity (Wildman–Crippen MR) is 33.7 cm³/mol. The molecule has 2 atom stereocenters. The summed E-state index contributed by atoms with van der Waals surface area (Å²) in [5.74, 6) is 0. The van der Waals surface area contributed by atoms with Crippen LogP contribution in [0.25, 0.3) is 0 Å². The van der Waals surface area contributed by atoms with E-state index < -0.39 is 0 Å². The van der Waals surface area contributed by atoms with E-state index in [1.807, 2.05) is 0 Å². The van der Waals surface area contributed by atoms with Crippen LogP contribution in [0.3, 0.4) is 0 Å². The van der Waals surface area contributed by atoms with E-state index in [2.05, 4.69) is 0 Å². The Kier molecular flexibility index (Phi) is 3.08. The van der Waals surface area contributed by atoms with Crippen LogP contribution in [0.1, 0.15) is 0 Å². The summed E-state index contributed by atoms with van der Waals surface area (Å²) in [6, 6.07) is 0. The lowest BCUT2D eigenvalue weighted by molar-refractivity contribution is -0.155. The molecule has 1 saturated heterocycles. The Labute approximate surface area is 59.4 Å². The van der Waals surface area contributed by atoms with E-state index in [4.69, 9.17) is 19.7 Å². The largest absolute Gasteiger partial charge is 0.394 e. The van der Waals surface area contributed by atoms with E-state index >= 15 is 0 Å². The molecule has 0 bridgehead atoms. The zero-order valence-corrected chi connectivity index (χ0v) is 5.69. The van der Waals surface area contributed by atoms with Gasteiger partial charge in [0.25, 0.3) is 0 Å². The molecule has 4 heteroatoms. The van der Waals surface area contributed by atoms with Gasteiger partial charge in [-0.1, -0.05) is 0 Å². The summed E-state index contributed by atoms with van der Waals surface area (Å²) in [7, 11) is 0. The van der Waals surface area contributed by atoms with Crippen molar-refractivity contribution in [3.8, 4) is 0 Å². The van der Waals surface area contributed by atoms with Crippen molar-refractivity contribution in [3.63, 3.8) is 0 Å². The first kappa shape index (κ1) is 7.94. The topological polar surface area (TPSA) is 58.9 Å². The van der Waals surface area contributed by atoms with Crippen molar-refractivity contribution in [3.05, 3.63) is 0 Å². The maximum Gasteiger partial charge on any atom is 0.104 e. The lowest BCUT2D eigenvalue weighted by atomic mass is 10.3. The Morgan fingerprint density at radius 3 is 1.60 bits per heavy atom. The van der Waals surface area contributed by atoms with Gasteiger partial charge >= 0.3 is 0 Å². The summed E-state index contributed by atoms with van der Waals surface area (Å²) < 4.78 is 10.2. The summed E-state index contributed by atoms with van der Waals surface area (Å²) in [6.07, 6.45) is -0.411. The van der Waals surface area contributed by atoms with Crippen molar-refractivity contribution in [2.45, 2.75) is 12.2 Å². The zero-order chi connectivity index (χ0) is 7.40. The van der Waals surface area contributed by atoms with Gasteiger partial charge in [0.1, 0.15) is 12.2 Å². The highest BCUT2D eigenvalue weighted by Crippen LogP contribution is 2.05. The molecule has 2 N–H and O–H groups in total.